The fourth-order valence-corrected chi connectivity index (χ4v) is 2.99. The zero-order valence-corrected chi connectivity index (χ0v) is 9.76. The van der Waals surface area contributed by atoms with Gasteiger partial charge in [0.2, 0.25) is 0 Å². The van der Waals surface area contributed by atoms with E-state index in [1.165, 1.54) is 11.3 Å². The Balaban J connectivity index is 2.06. The minimum atomic E-state index is -0.0702. The Hall–Kier alpha value is -1.09. The first kappa shape index (κ1) is 10.1. The summed E-state index contributed by atoms with van der Waals surface area (Å²) in [7, 11) is 0. The molecule has 0 bridgehead atoms. The average molecular weight is 220 g/mol. The van der Waals surface area contributed by atoms with Crippen LogP contribution in [-0.4, -0.2) is 25.2 Å². The molecule has 16 heavy (non-hydrogen) atoms. The predicted molar refractivity (Wildman–Crippen MR) is 63.4 cm³/mol. The summed E-state index contributed by atoms with van der Waals surface area (Å²) in [5.41, 5.74) is 3.17. The normalized spacial score (nSPS) is 27.8. The minimum absolute atomic E-state index is 0.0702. The molecule has 1 N–H and O–H groups in total. The molecule has 1 aromatic carbocycles. The number of nitrogens with one attached hydrogen (secondary N) is 1. The molecule has 3 rings (SSSR count). The first-order valence-electron chi connectivity index (χ1n) is 5.95. The first-order chi connectivity index (χ1) is 7.66. The molecule has 0 spiro atoms. The third-order valence-electron chi connectivity index (χ3n) is 3.78. The van der Waals surface area contributed by atoms with E-state index in [0.717, 1.165) is 25.1 Å². The summed E-state index contributed by atoms with van der Waals surface area (Å²) in [6.45, 7) is 6.11. The second kappa shape index (κ2) is 3.45. The molecule has 1 fully saturated rings. The van der Waals surface area contributed by atoms with Gasteiger partial charge in [0.05, 0.1) is 0 Å². The number of fused-ring (bicyclic) bond motifs is 3. The number of hydrogen-bond donors (Lipinski definition) is 1. The highest BCUT2D eigenvalue weighted by Crippen LogP contribution is 2.36. The summed E-state index contributed by atoms with van der Waals surface area (Å²) in [4.78, 5) is 2.46. The molecule has 2 aliphatic rings. The molecule has 0 aromatic heterocycles. The number of rotatable bonds is 0. The van der Waals surface area contributed by atoms with E-state index in [9.17, 15) is 4.39 Å². The van der Waals surface area contributed by atoms with Crippen LogP contribution in [0.3, 0.4) is 0 Å². The van der Waals surface area contributed by atoms with E-state index in [1.807, 2.05) is 13.0 Å². The van der Waals surface area contributed by atoms with Gasteiger partial charge in [-0.2, -0.15) is 0 Å². The summed E-state index contributed by atoms with van der Waals surface area (Å²) < 4.78 is 13.5. The van der Waals surface area contributed by atoms with Crippen molar-refractivity contribution < 1.29 is 4.39 Å². The van der Waals surface area contributed by atoms with E-state index in [2.05, 4.69) is 17.1 Å². The van der Waals surface area contributed by atoms with Gasteiger partial charge >= 0.3 is 0 Å². The summed E-state index contributed by atoms with van der Waals surface area (Å²) >= 11 is 0. The maximum absolute atomic E-state index is 13.5. The summed E-state index contributed by atoms with van der Waals surface area (Å²) in [6.07, 6.45) is 0.976. The molecule has 2 heterocycles. The Morgan fingerprint density at radius 3 is 3.00 bits per heavy atom. The van der Waals surface area contributed by atoms with Crippen molar-refractivity contribution >= 4 is 5.69 Å². The average Bonchev–Trinajstić information content (AvgIpc) is 2.58. The van der Waals surface area contributed by atoms with Crippen LogP contribution in [0.25, 0.3) is 0 Å². The standard InChI is InChI=1S/C13H17FN2/c1-8-3-13-10(5-12(8)14)4-11-7-15-6-9(2)16(11)13/h3,5,9,11,15H,4,6-7H2,1-2H3/t9?,11-/m1/s1. The number of halogens is 1. The van der Waals surface area contributed by atoms with Crippen LogP contribution >= 0.6 is 0 Å². The fraction of sp³-hybridized carbons (Fsp3) is 0.538. The van der Waals surface area contributed by atoms with Crippen molar-refractivity contribution in [3.05, 3.63) is 29.1 Å². The van der Waals surface area contributed by atoms with Crippen molar-refractivity contribution in [2.75, 3.05) is 18.0 Å². The van der Waals surface area contributed by atoms with Crippen LogP contribution in [0.4, 0.5) is 10.1 Å². The van der Waals surface area contributed by atoms with Gasteiger partial charge in [-0.05, 0) is 43.5 Å². The summed E-state index contributed by atoms with van der Waals surface area (Å²) in [6, 6.07) is 4.74. The van der Waals surface area contributed by atoms with Crippen LogP contribution in [-0.2, 0) is 6.42 Å². The lowest BCUT2D eigenvalue weighted by Gasteiger charge is -2.38. The van der Waals surface area contributed by atoms with Gasteiger partial charge in [0.15, 0.2) is 0 Å². The van der Waals surface area contributed by atoms with Crippen LogP contribution in [0.15, 0.2) is 12.1 Å². The number of benzene rings is 1. The third-order valence-corrected chi connectivity index (χ3v) is 3.78. The first-order valence-corrected chi connectivity index (χ1v) is 5.95. The third kappa shape index (κ3) is 1.34. The topological polar surface area (TPSA) is 15.3 Å². The maximum atomic E-state index is 13.5. The zero-order valence-electron chi connectivity index (χ0n) is 9.76. The van der Waals surface area contributed by atoms with E-state index >= 15 is 0 Å². The molecule has 0 saturated carbocycles. The molecule has 86 valence electrons. The van der Waals surface area contributed by atoms with Gasteiger partial charge < -0.3 is 10.2 Å². The summed E-state index contributed by atoms with van der Waals surface area (Å²) in [5.74, 6) is -0.0702. The van der Waals surface area contributed by atoms with Crippen LogP contribution in [0, 0.1) is 12.7 Å². The molecule has 0 radical (unpaired) electrons. The highest BCUT2D eigenvalue weighted by Gasteiger charge is 2.35. The van der Waals surface area contributed by atoms with E-state index in [0.29, 0.717) is 12.1 Å². The van der Waals surface area contributed by atoms with Gasteiger partial charge in [-0.3, -0.25) is 0 Å². The van der Waals surface area contributed by atoms with Crippen molar-refractivity contribution in [3.8, 4) is 0 Å². The molecule has 0 amide bonds. The lowest BCUT2D eigenvalue weighted by atomic mass is 10.1. The quantitative estimate of drug-likeness (QED) is 0.718. The highest BCUT2D eigenvalue weighted by atomic mass is 19.1. The molecule has 0 aliphatic carbocycles. The van der Waals surface area contributed by atoms with Crippen LogP contribution in [0.2, 0.25) is 0 Å². The number of hydrogen-bond acceptors (Lipinski definition) is 2. The van der Waals surface area contributed by atoms with Crippen molar-refractivity contribution in [3.63, 3.8) is 0 Å². The lowest BCUT2D eigenvalue weighted by molar-refractivity contribution is 0.430. The van der Waals surface area contributed by atoms with Crippen LogP contribution in [0.5, 0.6) is 0 Å². The molecule has 2 atom stereocenters. The number of anilines is 1. The van der Waals surface area contributed by atoms with Gasteiger partial charge in [-0.1, -0.05) is 0 Å². The van der Waals surface area contributed by atoms with Crippen molar-refractivity contribution in [1.82, 2.24) is 5.32 Å². The Kier molecular flexibility index (Phi) is 2.18. The van der Waals surface area contributed by atoms with Gasteiger partial charge in [0.25, 0.3) is 0 Å². The second-order valence-electron chi connectivity index (χ2n) is 5.00. The molecular weight excluding hydrogens is 203 g/mol. The van der Waals surface area contributed by atoms with E-state index in [1.54, 1.807) is 6.07 Å². The van der Waals surface area contributed by atoms with Gasteiger partial charge in [-0.25, -0.2) is 4.39 Å². The van der Waals surface area contributed by atoms with E-state index < -0.39 is 0 Å². The molecule has 3 heteroatoms. The number of aryl methyl sites for hydroxylation is 1. The summed E-state index contributed by atoms with van der Waals surface area (Å²) in [5, 5.41) is 3.43. The van der Waals surface area contributed by atoms with Gasteiger partial charge in [0.1, 0.15) is 5.82 Å². The Morgan fingerprint density at radius 2 is 2.19 bits per heavy atom. The van der Waals surface area contributed by atoms with Gasteiger partial charge in [-0.15, -0.1) is 0 Å². The van der Waals surface area contributed by atoms with Crippen molar-refractivity contribution in [1.29, 1.82) is 0 Å². The van der Waals surface area contributed by atoms with Crippen LogP contribution in [0.1, 0.15) is 18.1 Å². The second-order valence-corrected chi connectivity index (χ2v) is 5.00. The molecule has 1 unspecified atom stereocenters. The molecule has 2 aliphatic heterocycles. The lowest BCUT2D eigenvalue weighted by Crippen LogP contribution is -2.54. The van der Waals surface area contributed by atoms with Crippen LogP contribution < -0.4 is 10.2 Å². The SMILES string of the molecule is Cc1cc2c(cc1F)C[C@@H]1CNCC(C)N21. The fourth-order valence-electron chi connectivity index (χ4n) is 2.99. The largest absolute Gasteiger partial charge is 0.363 e. The highest BCUT2D eigenvalue weighted by molar-refractivity contribution is 5.62. The van der Waals surface area contributed by atoms with E-state index in [-0.39, 0.29) is 5.82 Å². The predicted octanol–water partition coefficient (Wildman–Crippen LogP) is 1.86. The van der Waals surface area contributed by atoms with Gasteiger partial charge in [0, 0.05) is 30.9 Å². The molecule has 1 aromatic rings. The Morgan fingerprint density at radius 1 is 1.38 bits per heavy atom. The zero-order chi connectivity index (χ0) is 11.3. The molecule has 1 saturated heterocycles. The monoisotopic (exact) mass is 220 g/mol. The molecule has 2 nitrogen and oxygen atoms in total. The van der Waals surface area contributed by atoms with E-state index in [4.69, 9.17) is 0 Å². The Bertz CT molecular complexity index is 430. The number of nitrogens with zero attached hydrogens (tertiary/aromatic N) is 1. The van der Waals surface area contributed by atoms with Crippen molar-refractivity contribution in [2.45, 2.75) is 32.4 Å². The number of piperazine rings is 1. The smallest absolute Gasteiger partial charge is 0.126 e. The Labute approximate surface area is 95.4 Å². The van der Waals surface area contributed by atoms with Crippen molar-refractivity contribution in [2.24, 2.45) is 0 Å². The minimum Gasteiger partial charge on any atom is -0.363 e. The molecular formula is C13H17FN2. The maximum Gasteiger partial charge on any atom is 0.126 e.